The SMILES string of the molecule is N=C(N)NCc1ccc(NS(=O)(=O)c2cccc(Cl)c2Cl)cc1. The van der Waals surface area contributed by atoms with Crippen molar-refractivity contribution in [2.75, 3.05) is 4.72 Å². The molecule has 9 heteroatoms. The van der Waals surface area contributed by atoms with Crippen LogP contribution in [0.25, 0.3) is 0 Å². The van der Waals surface area contributed by atoms with E-state index in [1.54, 1.807) is 24.3 Å². The predicted molar refractivity (Wildman–Crippen MR) is 92.5 cm³/mol. The molecular weight excluding hydrogens is 359 g/mol. The average Bonchev–Trinajstić information content (AvgIpc) is 2.48. The minimum atomic E-state index is -3.84. The number of sulfonamides is 1. The summed E-state index contributed by atoms with van der Waals surface area (Å²) in [5.74, 6) is -0.134. The summed E-state index contributed by atoms with van der Waals surface area (Å²) in [4.78, 5) is -0.0889. The number of guanidine groups is 1. The van der Waals surface area contributed by atoms with Gasteiger partial charge in [0, 0.05) is 12.2 Å². The van der Waals surface area contributed by atoms with Gasteiger partial charge in [-0.2, -0.15) is 0 Å². The molecule has 2 rings (SSSR count). The number of benzene rings is 2. The maximum atomic E-state index is 12.4. The van der Waals surface area contributed by atoms with E-state index in [1.165, 1.54) is 18.2 Å². The highest BCUT2D eigenvalue weighted by Crippen LogP contribution is 2.30. The molecule has 0 fully saturated rings. The van der Waals surface area contributed by atoms with E-state index in [1.807, 2.05) is 0 Å². The van der Waals surface area contributed by atoms with Crippen molar-refractivity contribution in [3.05, 3.63) is 58.1 Å². The summed E-state index contributed by atoms with van der Waals surface area (Å²) in [6.45, 7) is 0.377. The second kappa shape index (κ2) is 7.08. The van der Waals surface area contributed by atoms with E-state index in [-0.39, 0.29) is 20.9 Å². The highest BCUT2D eigenvalue weighted by atomic mass is 35.5. The molecule has 0 saturated carbocycles. The van der Waals surface area contributed by atoms with Crippen LogP contribution in [0, 0.1) is 5.41 Å². The predicted octanol–water partition coefficient (Wildman–Crippen LogP) is 2.78. The zero-order chi connectivity index (χ0) is 17.0. The van der Waals surface area contributed by atoms with Crippen LogP contribution in [0.5, 0.6) is 0 Å². The standard InChI is InChI=1S/C14H14Cl2N4O2S/c15-11-2-1-3-12(13(11)16)23(21,22)20-10-6-4-9(5-7-10)8-19-14(17)18/h1-7,20H,8H2,(H4,17,18,19). The van der Waals surface area contributed by atoms with E-state index in [4.69, 9.17) is 34.3 Å². The van der Waals surface area contributed by atoms with E-state index in [0.717, 1.165) is 5.56 Å². The largest absolute Gasteiger partial charge is 0.370 e. The lowest BCUT2D eigenvalue weighted by atomic mass is 10.2. The zero-order valence-corrected chi connectivity index (χ0v) is 14.1. The molecule has 2 aromatic rings. The fourth-order valence-electron chi connectivity index (χ4n) is 1.79. The Morgan fingerprint density at radius 1 is 1.13 bits per heavy atom. The Hall–Kier alpha value is -1.96. The Morgan fingerprint density at radius 2 is 1.78 bits per heavy atom. The first kappa shape index (κ1) is 17.4. The van der Waals surface area contributed by atoms with Gasteiger partial charge < -0.3 is 11.1 Å². The number of hydrogen-bond acceptors (Lipinski definition) is 3. The molecule has 122 valence electrons. The van der Waals surface area contributed by atoms with E-state index in [0.29, 0.717) is 12.2 Å². The molecule has 0 heterocycles. The van der Waals surface area contributed by atoms with Crippen LogP contribution in [0.4, 0.5) is 5.69 Å². The van der Waals surface area contributed by atoms with Crippen LogP contribution in [-0.4, -0.2) is 14.4 Å². The molecule has 0 spiro atoms. The maximum absolute atomic E-state index is 12.4. The lowest BCUT2D eigenvalue weighted by Gasteiger charge is -2.11. The van der Waals surface area contributed by atoms with Crippen LogP contribution in [0.3, 0.4) is 0 Å². The monoisotopic (exact) mass is 372 g/mol. The molecule has 0 aromatic heterocycles. The third-order valence-electron chi connectivity index (χ3n) is 2.89. The van der Waals surface area contributed by atoms with Crippen LogP contribution in [0.1, 0.15) is 5.56 Å². The van der Waals surface area contributed by atoms with Crippen LogP contribution in [0.15, 0.2) is 47.4 Å². The molecule has 6 nitrogen and oxygen atoms in total. The highest BCUT2D eigenvalue weighted by molar-refractivity contribution is 7.92. The molecule has 0 amide bonds. The maximum Gasteiger partial charge on any atom is 0.263 e. The molecule has 0 atom stereocenters. The Morgan fingerprint density at radius 3 is 2.39 bits per heavy atom. The third-order valence-corrected chi connectivity index (χ3v) is 5.25. The van der Waals surface area contributed by atoms with Crippen molar-refractivity contribution in [1.82, 2.24) is 5.32 Å². The van der Waals surface area contributed by atoms with Gasteiger partial charge in [-0.25, -0.2) is 8.42 Å². The van der Waals surface area contributed by atoms with Crippen molar-refractivity contribution in [3.63, 3.8) is 0 Å². The van der Waals surface area contributed by atoms with Crippen molar-refractivity contribution >= 4 is 44.9 Å². The van der Waals surface area contributed by atoms with Crippen LogP contribution in [-0.2, 0) is 16.6 Å². The minimum Gasteiger partial charge on any atom is -0.370 e. The molecule has 0 radical (unpaired) electrons. The van der Waals surface area contributed by atoms with Crippen molar-refractivity contribution in [1.29, 1.82) is 5.41 Å². The molecule has 0 aliphatic rings. The molecule has 23 heavy (non-hydrogen) atoms. The number of rotatable bonds is 5. The van der Waals surface area contributed by atoms with Gasteiger partial charge in [0.15, 0.2) is 5.96 Å². The van der Waals surface area contributed by atoms with E-state index in [9.17, 15) is 8.42 Å². The van der Waals surface area contributed by atoms with Crippen molar-refractivity contribution in [2.24, 2.45) is 5.73 Å². The van der Waals surface area contributed by atoms with Gasteiger partial charge in [-0.15, -0.1) is 0 Å². The van der Waals surface area contributed by atoms with Crippen molar-refractivity contribution < 1.29 is 8.42 Å². The van der Waals surface area contributed by atoms with E-state index in [2.05, 4.69) is 10.0 Å². The molecule has 0 saturated heterocycles. The van der Waals surface area contributed by atoms with Crippen molar-refractivity contribution in [3.8, 4) is 0 Å². The number of halogens is 2. The number of nitrogens with two attached hydrogens (primary N) is 1. The van der Waals surface area contributed by atoms with Gasteiger partial charge in [-0.3, -0.25) is 10.1 Å². The van der Waals surface area contributed by atoms with Crippen LogP contribution >= 0.6 is 23.2 Å². The van der Waals surface area contributed by atoms with Crippen molar-refractivity contribution in [2.45, 2.75) is 11.4 Å². The summed E-state index contributed by atoms with van der Waals surface area (Å²) in [6.07, 6.45) is 0. The Kier molecular flexibility index (Phi) is 5.35. The van der Waals surface area contributed by atoms with E-state index >= 15 is 0 Å². The van der Waals surface area contributed by atoms with Gasteiger partial charge >= 0.3 is 0 Å². The van der Waals surface area contributed by atoms with Crippen LogP contribution in [0.2, 0.25) is 10.0 Å². The number of anilines is 1. The fourth-order valence-corrected chi connectivity index (χ4v) is 3.61. The Labute approximate surface area is 144 Å². The number of hydrogen-bond donors (Lipinski definition) is 4. The Balaban J connectivity index is 2.17. The molecular formula is C14H14Cl2N4O2S. The highest BCUT2D eigenvalue weighted by Gasteiger charge is 2.19. The van der Waals surface area contributed by atoms with Gasteiger partial charge in [0.1, 0.15) is 4.90 Å². The summed E-state index contributed by atoms with van der Waals surface area (Å²) < 4.78 is 27.2. The smallest absolute Gasteiger partial charge is 0.263 e. The lowest BCUT2D eigenvalue weighted by Crippen LogP contribution is -2.29. The molecule has 0 bridgehead atoms. The number of nitrogens with one attached hydrogen (secondary N) is 3. The summed E-state index contributed by atoms with van der Waals surface area (Å²) in [5.41, 5.74) is 6.43. The van der Waals surface area contributed by atoms with Crippen LogP contribution < -0.4 is 15.8 Å². The lowest BCUT2D eigenvalue weighted by molar-refractivity contribution is 0.601. The first-order valence-electron chi connectivity index (χ1n) is 6.43. The summed E-state index contributed by atoms with van der Waals surface area (Å²) in [5, 5.41) is 9.89. The zero-order valence-electron chi connectivity index (χ0n) is 11.8. The third kappa shape index (κ3) is 4.51. The van der Waals surface area contributed by atoms with E-state index < -0.39 is 10.0 Å². The quantitative estimate of drug-likeness (QED) is 0.477. The topological polar surface area (TPSA) is 108 Å². The molecule has 5 N–H and O–H groups in total. The summed E-state index contributed by atoms with van der Waals surface area (Å²) >= 11 is 11.8. The minimum absolute atomic E-state index is 0.0241. The summed E-state index contributed by atoms with van der Waals surface area (Å²) in [7, 11) is -3.84. The second-order valence-electron chi connectivity index (χ2n) is 4.62. The summed E-state index contributed by atoms with van der Waals surface area (Å²) in [6, 6.07) is 11.0. The molecule has 0 aliphatic heterocycles. The average molecular weight is 373 g/mol. The van der Waals surface area contributed by atoms with Gasteiger partial charge in [-0.1, -0.05) is 41.4 Å². The fraction of sp³-hybridized carbons (Fsp3) is 0.0714. The Bertz CT molecular complexity index is 823. The molecule has 2 aromatic carbocycles. The first-order valence-corrected chi connectivity index (χ1v) is 8.67. The first-order chi connectivity index (χ1) is 10.8. The normalized spacial score (nSPS) is 11.0. The molecule has 0 aliphatic carbocycles. The van der Waals surface area contributed by atoms with Gasteiger partial charge in [0.05, 0.1) is 10.0 Å². The van der Waals surface area contributed by atoms with Gasteiger partial charge in [0.25, 0.3) is 10.0 Å². The molecule has 0 unspecified atom stereocenters. The van der Waals surface area contributed by atoms with Gasteiger partial charge in [0.2, 0.25) is 0 Å². The second-order valence-corrected chi connectivity index (χ2v) is 7.06. The van der Waals surface area contributed by atoms with Gasteiger partial charge in [-0.05, 0) is 29.8 Å².